The Hall–Kier alpha value is -0.120. The number of nitrogens with zero attached hydrogens (tertiary/aromatic N) is 1. The van der Waals surface area contributed by atoms with E-state index in [-0.39, 0.29) is 5.41 Å². The first-order chi connectivity index (χ1) is 8.59. The van der Waals surface area contributed by atoms with Crippen LogP contribution in [0, 0.1) is 11.3 Å². The summed E-state index contributed by atoms with van der Waals surface area (Å²) in [6.07, 6.45) is 8.00. The van der Waals surface area contributed by atoms with Gasteiger partial charge < -0.3 is 15.7 Å². The Morgan fingerprint density at radius 2 is 2.06 bits per heavy atom. The average Bonchev–Trinajstić information content (AvgIpc) is 2.95. The van der Waals surface area contributed by atoms with Gasteiger partial charge in [0.1, 0.15) is 0 Å². The lowest BCUT2D eigenvalue weighted by Crippen LogP contribution is -2.58. The first-order valence-corrected chi connectivity index (χ1v) is 7.75. The Labute approximate surface area is 111 Å². The van der Waals surface area contributed by atoms with E-state index in [0.717, 1.165) is 38.1 Å². The van der Waals surface area contributed by atoms with Crippen molar-refractivity contribution >= 4 is 0 Å². The van der Waals surface area contributed by atoms with Crippen LogP contribution in [0.2, 0.25) is 0 Å². The molecule has 104 valence electrons. The number of fused-ring (bicyclic) bond motifs is 1. The second-order valence-corrected chi connectivity index (χ2v) is 7.15. The zero-order valence-corrected chi connectivity index (χ0v) is 11.7. The largest absolute Gasteiger partial charge is 0.389 e. The minimum atomic E-state index is -0.488. The van der Waals surface area contributed by atoms with Crippen LogP contribution in [0.5, 0.6) is 0 Å². The van der Waals surface area contributed by atoms with Crippen molar-refractivity contribution in [3.8, 4) is 0 Å². The van der Waals surface area contributed by atoms with Gasteiger partial charge in [-0.3, -0.25) is 0 Å². The topological polar surface area (TPSA) is 49.5 Å². The van der Waals surface area contributed by atoms with Crippen LogP contribution in [-0.2, 0) is 0 Å². The lowest BCUT2D eigenvalue weighted by atomic mass is 9.64. The van der Waals surface area contributed by atoms with Gasteiger partial charge >= 0.3 is 0 Å². The molecule has 4 atom stereocenters. The maximum atomic E-state index is 11.3. The van der Waals surface area contributed by atoms with Gasteiger partial charge in [-0.15, -0.1) is 0 Å². The monoisotopic (exact) mass is 252 g/mol. The van der Waals surface area contributed by atoms with E-state index in [9.17, 15) is 5.11 Å². The molecule has 1 aliphatic carbocycles. The van der Waals surface area contributed by atoms with Gasteiger partial charge in [0, 0.05) is 24.5 Å². The van der Waals surface area contributed by atoms with Gasteiger partial charge in [-0.05, 0) is 51.0 Å². The smallest absolute Gasteiger partial charge is 0.0742 e. The fourth-order valence-electron chi connectivity index (χ4n) is 4.91. The predicted molar refractivity (Wildman–Crippen MR) is 73.3 cm³/mol. The highest BCUT2D eigenvalue weighted by molar-refractivity contribution is 5.08. The van der Waals surface area contributed by atoms with Crippen LogP contribution in [0.1, 0.15) is 51.9 Å². The SMILES string of the molecule is CC1CCC(CN)(C2(O)CCN3CCCC3C2)C1. The zero-order valence-electron chi connectivity index (χ0n) is 11.7. The van der Waals surface area contributed by atoms with Gasteiger partial charge in [0.25, 0.3) is 0 Å². The van der Waals surface area contributed by atoms with E-state index in [1.807, 2.05) is 0 Å². The Morgan fingerprint density at radius 3 is 2.72 bits per heavy atom. The molecule has 1 saturated carbocycles. The van der Waals surface area contributed by atoms with E-state index in [2.05, 4.69) is 11.8 Å². The summed E-state index contributed by atoms with van der Waals surface area (Å²) in [7, 11) is 0. The first kappa shape index (κ1) is 12.9. The third-order valence-electron chi connectivity index (χ3n) is 6.12. The molecular weight excluding hydrogens is 224 g/mol. The molecule has 0 spiro atoms. The summed E-state index contributed by atoms with van der Waals surface area (Å²) in [5.74, 6) is 0.735. The summed E-state index contributed by atoms with van der Waals surface area (Å²) >= 11 is 0. The lowest BCUT2D eigenvalue weighted by Gasteiger charge is -2.51. The molecule has 0 aromatic rings. The van der Waals surface area contributed by atoms with E-state index >= 15 is 0 Å². The summed E-state index contributed by atoms with van der Waals surface area (Å²) in [5, 5.41) is 11.3. The van der Waals surface area contributed by atoms with Crippen LogP contribution in [0.25, 0.3) is 0 Å². The van der Waals surface area contributed by atoms with E-state index in [1.54, 1.807) is 0 Å². The van der Waals surface area contributed by atoms with Crippen molar-refractivity contribution in [1.29, 1.82) is 0 Å². The van der Waals surface area contributed by atoms with Crippen LogP contribution in [0.15, 0.2) is 0 Å². The summed E-state index contributed by atoms with van der Waals surface area (Å²) < 4.78 is 0. The molecule has 3 rings (SSSR count). The standard InChI is InChI=1S/C15H28N2O/c1-12-4-5-14(9-12,11-16)15(18)6-8-17-7-2-3-13(17)10-15/h12-13,18H,2-11,16H2,1H3. The predicted octanol–water partition coefficient (Wildman–Crippen LogP) is 1.74. The van der Waals surface area contributed by atoms with Crippen molar-refractivity contribution in [2.45, 2.75) is 63.5 Å². The molecular formula is C15H28N2O. The second-order valence-electron chi connectivity index (χ2n) is 7.15. The highest BCUT2D eigenvalue weighted by Crippen LogP contribution is 2.53. The third kappa shape index (κ3) is 1.83. The van der Waals surface area contributed by atoms with E-state index < -0.39 is 5.60 Å². The minimum absolute atomic E-state index is 0.0150. The molecule has 0 radical (unpaired) electrons. The van der Waals surface area contributed by atoms with Crippen molar-refractivity contribution in [2.75, 3.05) is 19.6 Å². The van der Waals surface area contributed by atoms with Crippen molar-refractivity contribution in [2.24, 2.45) is 17.1 Å². The molecule has 2 aliphatic heterocycles. The Kier molecular flexibility index (Phi) is 3.20. The molecule has 0 bridgehead atoms. The normalized spacial score (nSPS) is 49.5. The molecule has 3 fully saturated rings. The van der Waals surface area contributed by atoms with E-state index in [1.165, 1.54) is 25.8 Å². The van der Waals surface area contributed by atoms with Gasteiger partial charge in [0.2, 0.25) is 0 Å². The fourth-order valence-corrected chi connectivity index (χ4v) is 4.91. The molecule has 3 nitrogen and oxygen atoms in total. The van der Waals surface area contributed by atoms with Crippen molar-refractivity contribution in [1.82, 2.24) is 4.90 Å². The number of hydrogen-bond donors (Lipinski definition) is 2. The Morgan fingerprint density at radius 1 is 1.22 bits per heavy atom. The minimum Gasteiger partial charge on any atom is -0.389 e. The van der Waals surface area contributed by atoms with Gasteiger partial charge in [-0.1, -0.05) is 13.3 Å². The molecule has 3 heteroatoms. The number of hydrogen-bond acceptors (Lipinski definition) is 3. The van der Waals surface area contributed by atoms with Crippen LogP contribution in [0.3, 0.4) is 0 Å². The maximum Gasteiger partial charge on any atom is 0.0742 e. The molecule has 3 aliphatic rings. The molecule has 0 aromatic heterocycles. The van der Waals surface area contributed by atoms with Crippen LogP contribution in [0.4, 0.5) is 0 Å². The summed E-state index contributed by atoms with van der Waals surface area (Å²) in [5.41, 5.74) is 5.64. The van der Waals surface area contributed by atoms with Crippen molar-refractivity contribution in [3.63, 3.8) is 0 Å². The second kappa shape index (κ2) is 4.46. The number of piperidine rings is 1. The van der Waals surface area contributed by atoms with Crippen LogP contribution in [-0.4, -0.2) is 41.3 Å². The maximum absolute atomic E-state index is 11.3. The molecule has 3 N–H and O–H groups in total. The summed E-state index contributed by atoms with van der Waals surface area (Å²) in [4.78, 5) is 2.58. The number of nitrogens with two attached hydrogens (primary N) is 1. The fraction of sp³-hybridized carbons (Fsp3) is 1.00. The number of aliphatic hydroxyl groups is 1. The molecule has 0 aromatic carbocycles. The molecule has 4 unspecified atom stereocenters. The molecule has 0 amide bonds. The molecule has 2 saturated heterocycles. The molecule has 2 heterocycles. The number of rotatable bonds is 2. The zero-order chi connectivity index (χ0) is 12.8. The average molecular weight is 252 g/mol. The van der Waals surface area contributed by atoms with Gasteiger partial charge in [0.05, 0.1) is 5.60 Å². The van der Waals surface area contributed by atoms with Crippen LogP contribution >= 0.6 is 0 Å². The van der Waals surface area contributed by atoms with E-state index in [4.69, 9.17) is 5.73 Å². The summed E-state index contributed by atoms with van der Waals surface area (Å²) in [6, 6.07) is 0.628. The van der Waals surface area contributed by atoms with Crippen molar-refractivity contribution in [3.05, 3.63) is 0 Å². The highest BCUT2D eigenvalue weighted by atomic mass is 16.3. The quantitative estimate of drug-likeness (QED) is 0.787. The lowest BCUT2D eigenvalue weighted by molar-refractivity contribution is -0.126. The van der Waals surface area contributed by atoms with Gasteiger partial charge in [-0.25, -0.2) is 0 Å². The van der Waals surface area contributed by atoms with Crippen molar-refractivity contribution < 1.29 is 5.11 Å². The van der Waals surface area contributed by atoms with E-state index in [0.29, 0.717) is 12.6 Å². The highest BCUT2D eigenvalue weighted by Gasteiger charge is 2.55. The molecule has 18 heavy (non-hydrogen) atoms. The first-order valence-electron chi connectivity index (χ1n) is 7.75. The van der Waals surface area contributed by atoms with Gasteiger partial charge in [-0.2, -0.15) is 0 Å². The Balaban J connectivity index is 1.81. The van der Waals surface area contributed by atoms with Gasteiger partial charge in [0.15, 0.2) is 0 Å². The van der Waals surface area contributed by atoms with Crippen LogP contribution < -0.4 is 5.73 Å². The Bertz CT molecular complexity index is 322. The summed E-state index contributed by atoms with van der Waals surface area (Å²) in [6.45, 7) is 5.30. The third-order valence-corrected chi connectivity index (χ3v) is 6.12.